The van der Waals surface area contributed by atoms with Crippen LogP contribution in [-0.2, 0) is 21.8 Å². The Bertz CT molecular complexity index is 2570. The number of esters is 2. The molecule has 0 bridgehead atoms. The van der Waals surface area contributed by atoms with Gasteiger partial charge in [0, 0.05) is 52.4 Å². The van der Waals surface area contributed by atoms with Gasteiger partial charge in [0.05, 0.1) is 58.5 Å². The minimum Gasteiger partial charge on any atom is -0.492 e. The molecule has 360 valence electrons. The Morgan fingerprint density at radius 1 is 0.632 bits per heavy atom. The van der Waals surface area contributed by atoms with Gasteiger partial charge in [0.25, 0.3) is 0 Å². The molecule has 2 saturated heterocycles. The third kappa shape index (κ3) is 12.7. The third-order valence-corrected chi connectivity index (χ3v) is 10.4. The highest BCUT2D eigenvalue weighted by Gasteiger charge is 2.41. The lowest BCUT2D eigenvalue weighted by Crippen LogP contribution is -2.50. The zero-order valence-electron chi connectivity index (χ0n) is 36.6. The molecular formula is C44H43ClF6N10O7. The predicted molar refractivity (Wildman–Crippen MR) is 234 cm³/mol. The Morgan fingerprint density at radius 2 is 1.03 bits per heavy atom. The number of alkyl halides is 6. The first-order chi connectivity index (χ1) is 32.3. The molecule has 68 heavy (non-hydrogen) atoms. The SMILES string of the molecule is CCOC(=O)c1cc(C#N)c(N2CCN(C(=O)Nc3ccccc3Cl)CC2)nc1C(F)(F)F.CCOC(=O)c1cc(C#N)c(N2CCN(C(=O)Nc3ccccc3OCC)CC2)nc1C(F)(F)F. The number of nitriles is 2. The first-order valence-corrected chi connectivity index (χ1v) is 21.2. The molecule has 2 N–H and O–H groups in total. The third-order valence-electron chi connectivity index (χ3n) is 10.1. The van der Waals surface area contributed by atoms with Crippen LogP contribution in [-0.4, -0.2) is 116 Å². The van der Waals surface area contributed by atoms with E-state index in [0.717, 1.165) is 12.1 Å². The second kappa shape index (κ2) is 22.8. The van der Waals surface area contributed by atoms with Gasteiger partial charge in [-0.1, -0.05) is 35.9 Å². The maximum atomic E-state index is 13.7. The first kappa shape index (κ1) is 51.5. The number of piperazine rings is 2. The molecule has 2 aliphatic heterocycles. The number of rotatable bonds is 10. The van der Waals surface area contributed by atoms with Gasteiger partial charge >= 0.3 is 36.4 Å². The Morgan fingerprint density at radius 3 is 1.41 bits per heavy atom. The molecule has 24 heteroatoms. The van der Waals surface area contributed by atoms with Crippen molar-refractivity contribution >= 4 is 58.6 Å². The summed E-state index contributed by atoms with van der Waals surface area (Å²) >= 11 is 6.05. The summed E-state index contributed by atoms with van der Waals surface area (Å²) in [5, 5.41) is 24.8. The van der Waals surface area contributed by atoms with Crippen molar-refractivity contribution in [1.82, 2.24) is 19.8 Å². The summed E-state index contributed by atoms with van der Waals surface area (Å²) in [7, 11) is 0. The number of pyridine rings is 2. The van der Waals surface area contributed by atoms with Gasteiger partial charge in [0.15, 0.2) is 11.4 Å². The van der Waals surface area contributed by atoms with Crippen molar-refractivity contribution in [1.29, 1.82) is 10.5 Å². The van der Waals surface area contributed by atoms with Crippen LogP contribution in [0.25, 0.3) is 0 Å². The highest BCUT2D eigenvalue weighted by molar-refractivity contribution is 6.33. The molecule has 4 heterocycles. The van der Waals surface area contributed by atoms with E-state index in [9.17, 15) is 56.0 Å². The van der Waals surface area contributed by atoms with Crippen LogP contribution < -0.4 is 25.2 Å². The first-order valence-electron chi connectivity index (χ1n) is 20.8. The molecule has 0 aliphatic carbocycles. The lowest BCUT2D eigenvalue weighted by Gasteiger charge is -2.36. The number of hydrogen-bond acceptors (Lipinski definition) is 13. The van der Waals surface area contributed by atoms with E-state index in [1.165, 1.54) is 33.4 Å². The second-order valence-corrected chi connectivity index (χ2v) is 14.8. The van der Waals surface area contributed by atoms with E-state index in [2.05, 4.69) is 25.3 Å². The van der Waals surface area contributed by atoms with E-state index in [0.29, 0.717) is 28.8 Å². The fraction of sp³-hybridized carbons (Fsp3) is 0.364. The summed E-state index contributed by atoms with van der Waals surface area (Å²) in [6.45, 7) is 6.15. The standard InChI is InChI=1S/C23H24F3N5O4.C21H19ClF3N5O3/c1-3-34-18-8-6-5-7-17(18)28-22(33)31-11-9-30(10-12-31)20-15(14-27)13-16(21(32)35-4-2)19(29-20)23(24,25)26;1-2-33-19(31)14-11-13(12-26)18(28-17(14)21(23,24)25)29-7-9-30(10-8-29)20(32)27-16-6-4-3-5-15(16)22/h5-8,13H,3-4,9-12H2,1-2H3,(H,28,33);3-6,11H,2,7-10H2,1H3,(H,27,32). The summed E-state index contributed by atoms with van der Waals surface area (Å²) in [4.78, 5) is 62.5. The van der Waals surface area contributed by atoms with Crippen LogP contribution >= 0.6 is 11.6 Å². The number of urea groups is 2. The smallest absolute Gasteiger partial charge is 0.434 e. The minimum absolute atomic E-state index is 0.126. The summed E-state index contributed by atoms with van der Waals surface area (Å²) in [5.41, 5.74) is -3.92. The number of halogens is 7. The van der Waals surface area contributed by atoms with Crippen LogP contribution in [0.15, 0.2) is 60.7 Å². The van der Waals surface area contributed by atoms with Crippen molar-refractivity contribution in [2.45, 2.75) is 33.1 Å². The summed E-state index contributed by atoms with van der Waals surface area (Å²) in [6, 6.07) is 18.2. The van der Waals surface area contributed by atoms with Gasteiger partial charge in [-0.25, -0.2) is 29.1 Å². The molecule has 2 aliphatic rings. The summed E-state index contributed by atoms with van der Waals surface area (Å²) < 4.78 is 96.6. The molecule has 2 aromatic heterocycles. The highest BCUT2D eigenvalue weighted by Crippen LogP contribution is 2.36. The number of nitrogens with zero attached hydrogens (tertiary/aromatic N) is 8. The van der Waals surface area contributed by atoms with Crippen molar-refractivity contribution in [2.75, 3.05) is 92.6 Å². The van der Waals surface area contributed by atoms with Crippen LogP contribution in [0.5, 0.6) is 5.75 Å². The average Bonchev–Trinajstić information content (AvgIpc) is 3.32. The number of hydrogen-bond donors (Lipinski definition) is 2. The monoisotopic (exact) mass is 972 g/mol. The molecule has 4 aromatic rings. The molecular weight excluding hydrogens is 930 g/mol. The molecule has 0 radical (unpaired) electrons. The second-order valence-electron chi connectivity index (χ2n) is 14.4. The summed E-state index contributed by atoms with van der Waals surface area (Å²) in [5.74, 6) is -2.30. The van der Waals surface area contributed by atoms with E-state index in [4.69, 9.17) is 21.1 Å². The van der Waals surface area contributed by atoms with Crippen molar-refractivity contribution in [3.05, 3.63) is 99.3 Å². The average molecular weight is 973 g/mol. The topological polar surface area (TPSA) is 206 Å². The molecule has 17 nitrogen and oxygen atoms in total. The number of ether oxygens (including phenoxy) is 3. The van der Waals surface area contributed by atoms with Crippen molar-refractivity contribution in [3.63, 3.8) is 0 Å². The maximum Gasteiger partial charge on any atom is 0.434 e. The van der Waals surface area contributed by atoms with Gasteiger partial charge in [0.2, 0.25) is 0 Å². The Hall–Kier alpha value is -7.53. The molecule has 0 spiro atoms. The van der Waals surface area contributed by atoms with Crippen LogP contribution in [0, 0.1) is 22.7 Å². The number of carbonyl (C=O) groups excluding carboxylic acids is 4. The van der Waals surface area contributed by atoms with Crippen LogP contribution in [0.2, 0.25) is 5.02 Å². The predicted octanol–water partition coefficient (Wildman–Crippen LogP) is 8.06. The molecule has 2 aromatic carbocycles. The van der Waals surface area contributed by atoms with Gasteiger partial charge in [-0.05, 0) is 57.2 Å². The quantitative estimate of drug-likeness (QED) is 0.114. The number of aromatic nitrogens is 2. The number of para-hydroxylation sites is 3. The van der Waals surface area contributed by atoms with Gasteiger partial charge < -0.3 is 44.4 Å². The Labute approximate surface area is 390 Å². The lowest BCUT2D eigenvalue weighted by molar-refractivity contribution is -0.142. The molecule has 4 amide bonds. The van der Waals surface area contributed by atoms with Gasteiger partial charge in [-0.3, -0.25) is 0 Å². The van der Waals surface area contributed by atoms with Gasteiger partial charge in [0.1, 0.15) is 29.5 Å². The van der Waals surface area contributed by atoms with Crippen molar-refractivity contribution in [2.24, 2.45) is 0 Å². The number of nitrogens with one attached hydrogen (secondary N) is 2. The zero-order valence-corrected chi connectivity index (χ0v) is 37.4. The Kier molecular flexibility index (Phi) is 17.2. The van der Waals surface area contributed by atoms with Gasteiger partial charge in [-0.2, -0.15) is 36.9 Å². The maximum absolute atomic E-state index is 13.7. The number of benzene rings is 2. The molecule has 6 rings (SSSR count). The molecule has 0 saturated carbocycles. The fourth-order valence-corrected chi connectivity index (χ4v) is 7.04. The zero-order chi connectivity index (χ0) is 49.8. The van der Waals surface area contributed by atoms with E-state index < -0.39 is 52.8 Å². The molecule has 0 atom stereocenters. The van der Waals surface area contributed by atoms with Crippen LogP contribution in [0.1, 0.15) is 64.0 Å². The largest absolute Gasteiger partial charge is 0.492 e. The van der Waals surface area contributed by atoms with E-state index in [1.807, 2.05) is 13.0 Å². The van der Waals surface area contributed by atoms with Crippen molar-refractivity contribution in [3.8, 4) is 17.9 Å². The minimum atomic E-state index is -4.93. The van der Waals surface area contributed by atoms with E-state index in [1.54, 1.807) is 54.6 Å². The normalized spacial score (nSPS) is 13.8. The Balaban J connectivity index is 0.000000255. The fourth-order valence-electron chi connectivity index (χ4n) is 6.86. The number of carbonyl (C=O) groups is 4. The lowest BCUT2D eigenvalue weighted by atomic mass is 10.1. The number of amides is 4. The van der Waals surface area contributed by atoms with E-state index >= 15 is 0 Å². The highest BCUT2D eigenvalue weighted by atomic mass is 35.5. The van der Waals surface area contributed by atoms with Crippen LogP contribution in [0.3, 0.4) is 0 Å². The summed E-state index contributed by atoms with van der Waals surface area (Å²) in [6.07, 6.45) is -9.86. The molecule has 2 fully saturated rings. The molecule has 0 unspecified atom stereocenters. The van der Waals surface area contributed by atoms with Gasteiger partial charge in [-0.15, -0.1) is 0 Å². The van der Waals surface area contributed by atoms with Crippen LogP contribution in [0.4, 0.5) is 58.9 Å². The van der Waals surface area contributed by atoms with Crippen molar-refractivity contribution < 1.29 is 59.7 Å². The number of anilines is 4. The van der Waals surface area contributed by atoms with E-state index in [-0.39, 0.29) is 94.4 Å².